The predicted octanol–water partition coefficient (Wildman–Crippen LogP) is 9.42. The van der Waals surface area contributed by atoms with Crippen molar-refractivity contribution >= 4 is 75.7 Å². The molecule has 468 valence electrons. The van der Waals surface area contributed by atoms with Crippen LogP contribution in [-0.4, -0.2) is 129 Å². The molecule has 4 aliphatic rings. The lowest BCUT2D eigenvalue weighted by Crippen LogP contribution is -2.61. The van der Waals surface area contributed by atoms with Crippen LogP contribution in [0.3, 0.4) is 0 Å². The molecule has 6 atom stereocenters. The van der Waals surface area contributed by atoms with Crippen molar-refractivity contribution in [2.45, 2.75) is 150 Å². The smallest absolute Gasteiger partial charge is 0.411 e. The number of benzene rings is 3. The maximum atomic E-state index is 14.2. The van der Waals surface area contributed by atoms with E-state index in [9.17, 15) is 43.6 Å². The van der Waals surface area contributed by atoms with Crippen molar-refractivity contribution in [3.63, 3.8) is 0 Å². The largest absolute Gasteiger partial charge is 0.447 e. The summed E-state index contributed by atoms with van der Waals surface area (Å²) in [4.78, 5) is 117. The van der Waals surface area contributed by atoms with Crippen molar-refractivity contribution in [1.82, 2.24) is 45.6 Å². The molecule has 4 fully saturated rings. The van der Waals surface area contributed by atoms with Gasteiger partial charge in [-0.15, -0.1) is 0 Å². The number of aromatic nitrogens is 3. The fourth-order valence-corrected chi connectivity index (χ4v) is 11.6. The van der Waals surface area contributed by atoms with Crippen molar-refractivity contribution in [3.8, 4) is 29.1 Å². The van der Waals surface area contributed by atoms with Crippen molar-refractivity contribution in [2.75, 3.05) is 32.5 Å². The van der Waals surface area contributed by atoms with E-state index < -0.39 is 83.3 Å². The van der Waals surface area contributed by atoms with Crippen LogP contribution in [-0.2, 0) is 38.2 Å². The van der Waals surface area contributed by atoms with Gasteiger partial charge in [-0.3, -0.25) is 34.1 Å². The fourth-order valence-electron chi connectivity index (χ4n) is 11.4. The number of likely N-dealkylation sites (N-methyl/N-ethyl adjacent to an activating group) is 1. The third-order valence-electron chi connectivity index (χ3n) is 16.3. The molecule has 5 N–H and O–H groups in total. The van der Waals surface area contributed by atoms with Crippen LogP contribution in [0.25, 0.3) is 22.2 Å². The van der Waals surface area contributed by atoms with Crippen LogP contribution in [0.4, 0.5) is 15.3 Å². The maximum Gasteiger partial charge on any atom is 0.411 e. The molecule has 3 heterocycles. The number of Topliss-reactive ketones (excluding diaryl/α,β-unsaturated/α-hetero) is 1. The van der Waals surface area contributed by atoms with Gasteiger partial charge in [0.05, 0.1) is 46.2 Å². The number of hydrogen-bond donors (Lipinski definition) is 5. The minimum atomic E-state index is -1.17. The summed E-state index contributed by atoms with van der Waals surface area (Å²) in [6.07, 6.45) is 6.76. The number of anilines is 1. The van der Waals surface area contributed by atoms with E-state index >= 15 is 0 Å². The molecule has 0 spiro atoms. The highest BCUT2D eigenvalue weighted by molar-refractivity contribution is 6.38. The average molecular weight is 1230 g/mol. The molecular weight excluding hydrogens is 1150 g/mol. The number of nitriles is 1. The highest BCUT2D eigenvalue weighted by Crippen LogP contribution is 2.65. The molecule has 2 aromatic heterocycles. The van der Waals surface area contributed by atoms with Crippen LogP contribution in [0.5, 0.6) is 11.8 Å². The Hall–Kier alpha value is -8.58. The molecule has 1 unspecified atom stereocenters. The first kappa shape index (κ1) is 65.4. The molecule has 22 nitrogen and oxygen atoms in total. The minimum Gasteiger partial charge on any atom is -0.447 e. The van der Waals surface area contributed by atoms with Crippen molar-refractivity contribution < 1.29 is 52.6 Å². The molecule has 7 amide bonds. The first-order chi connectivity index (χ1) is 41.5. The standard InChI is InChI=1S/C38H56N6O8.C27H24ClN5O3/c1-36(2,3)30(42-35(51)52-37(4,5)6)34(50)44-20-23-26(38(23,7)8)28(44)31(47)40-24(18-21-16-17-21)29(46)32(48)39-19-25(45)41-27(33(49)43(9)10)22-14-12-11-13-15-22;1-16(2)35-27(34)32-23-10-7-17(13-22(23)28)25-21(15-29)20-9-8-19(36-26-30-11-4-12-31-26)14-24(20)33(25)18-5-3-6-18/h11-15,21,23-24,26-28,30H,16-20H2,1-10H3,(H,39,48)(H,40,47)(H,41,45)(H,42,51);4,7-14,16,18H,3,5-6H2,1-2H3,(H,32,34)/t23-,24?,26-,27-,28-,30+;/m0./s1. The van der Waals surface area contributed by atoms with Gasteiger partial charge in [0.25, 0.3) is 5.91 Å². The van der Waals surface area contributed by atoms with Gasteiger partial charge in [0.1, 0.15) is 35.5 Å². The van der Waals surface area contributed by atoms with Gasteiger partial charge >= 0.3 is 18.2 Å². The molecule has 1 saturated heterocycles. The monoisotopic (exact) mass is 1230 g/mol. The Labute approximate surface area is 518 Å². The van der Waals surface area contributed by atoms with E-state index in [4.69, 9.17) is 25.8 Å². The van der Waals surface area contributed by atoms with Crippen LogP contribution in [0.1, 0.15) is 131 Å². The molecule has 0 radical (unpaired) electrons. The summed E-state index contributed by atoms with van der Waals surface area (Å²) in [6.45, 7) is 18.0. The first-order valence-corrected chi connectivity index (χ1v) is 30.1. The van der Waals surface area contributed by atoms with Gasteiger partial charge in [-0.2, -0.15) is 5.26 Å². The second-order valence-electron chi connectivity index (χ2n) is 26.1. The molecular formula is C65H80ClN11O11. The molecule has 1 aliphatic heterocycles. The summed E-state index contributed by atoms with van der Waals surface area (Å²) in [5.41, 5.74) is 2.29. The van der Waals surface area contributed by atoms with E-state index in [1.165, 1.54) is 9.80 Å². The van der Waals surface area contributed by atoms with Gasteiger partial charge in [0, 0.05) is 56.1 Å². The number of nitrogens with zero attached hydrogens (tertiary/aromatic N) is 6. The lowest BCUT2D eigenvalue weighted by atomic mass is 9.85. The van der Waals surface area contributed by atoms with E-state index in [0.29, 0.717) is 34.1 Å². The topological polar surface area (TPSA) is 285 Å². The van der Waals surface area contributed by atoms with Crippen LogP contribution < -0.4 is 31.3 Å². The number of piperidine rings is 1. The number of nitrogens with one attached hydrogen (secondary N) is 5. The first-order valence-electron chi connectivity index (χ1n) is 29.8. The summed E-state index contributed by atoms with van der Waals surface area (Å²) in [7, 11) is 3.13. The lowest BCUT2D eigenvalue weighted by Gasteiger charge is -2.38. The second-order valence-corrected chi connectivity index (χ2v) is 26.5. The number of fused-ring (bicyclic) bond motifs is 2. The minimum absolute atomic E-state index is 0.0350. The Morgan fingerprint density at radius 2 is 1.53 bits per heavy atom. The number of hydrogen-bond acceptors (Lipinski definition) is 14. The molecule has 9 rings (SSSR count). The van der Waals surface area contributed by atoms with E-state index in [0.717, 1.165) is 54.3 Å². The third-order valence-corrected chi connectivity index (χ3v) is 16.6. The molecule has 23 heteroatoms. The Kier molecular flexibility index (Phi) is 19.9. The molecule has 0 bridgehead atoms. The van der Waals surface area contributed by atoms with E-state index in [1.807, 2.05) is 58.9 Å². The zero-order valence-corrected chi connectivity index (χ0v) is 52.7. The van der Waals surface area contributed by atoms with Crippen molar-refractivity contribution in [2.24, 2.45) is 28.6 Å². The molecule has 3 aromatic carbocycles. The lowest BCUT2D eigenvalue weighted by molar-refractivity contribution is -0.145. The van der Waals surface area contributed by atoms with Gasteiger partial charge in [0.2, 0.25) is 29.4 Å². The molecule has 88 heavy (non-hydrogen) atoms. The van der Waals surface area contributed by atoms with Crippen LogP contribution in [0, 0.1) is 39.9 Å². The second kappa shape index (κ2) is 26.8. The highest BCUT2D eigenvalue weighted by Gasteiger charge is 2.70. The predicted molar refractivity (Wildman–Crippen MR) is 330 cm³/mol. The number of alkyl carbamates (subject to hydrolysis) is 1. The van der Waals surface area contributed by atoms with Crippen LogP contribution in [0.2, 0.25) is 5.02 Å². The Bertz CT molecular complexity index is 3490. The molecule has 3 aliphatic carbocycles. The third kappa shape index (κ3) is 15.6. The van der Waals surface area contributed by atoms with Gasteiger partial charge in [-0.1, -0.05) is 95.5 Å². The number of carbonyl (C=O) groups excluding carboxylic acids is 8. The van der Waals surface area contributed by atoms with Crippen LogP contribution in [0.15, 0.2) is 85.2 Å². The number of carbonyl (C=O) groups is 8. The maximum absolute atomic E-state index is 14.2. The number of ketones is 1. The summed E-state index contributed by atoms with van der Waals surface area (Å²) >= 11 is 6.55. The van der Waals surface area contributed by atoms with Crippen molar-refractivity contribution in [3.05, 3.63) is 101 Å². The van der Waals surface area contributed by atoms with Crippen molar-refractivity contribution in [1.29, 1.82) is 5.26 Å². The fraction of sp³-hybridized carbons (Fsp3) is 0.492. The number of ether oxygens (including phenoxy) is 3. The van der Waals surface area contributed by atoms with Gasteiger partial charge in [-0.05, 0) is 125 Å². The van der Waals surface area contributed by atoms with Gasteiger partial charge in [0.15, 0.2) is 0 Å². The zero-order valence-electron chi connectivity index (χ0n) is 52.0. The van der Waals surface area contributed by atoms with E-state index in [1.54, 1.807) is 110 Å². The Morgan fingerprint density at radius 3 is 2.11 bits per heavy atom. The van der Waals surface area contributed by atoms with Gasteiger partial charge in [-0.25, -0.2) is 19.6 Å². The Balaban J connectivity index is 0.000000242. The van der Waals surface area contributed by atoms with Crippen LogP contribution >= 0.6 is 11.6 Å². The summed E-state index contributed by atoms with van der Waals surface area (Å²) in [5.74, 6) is -3.40. The summed E-state index contributed by atoms with van der Waals surface area (Å²) in [5, 5.41) is 24.5. The number of halogens is 1. The number of amides is 7. The number of likely N-dealkylation sites (tertiary alicyclic amines) is 1. The molecule has 5 aromatic rings. The Morgan fingerprint density at radius 1 is 0.852 bits per heavy atom. The highest BCUT2D eigenvalue weighted by atomic mass is 35.5. The average Bonchev–Trinajstić information content (AvgIpc) is 1.53. The quantitative estimate of drug-likeness (QED) is 0.0482. The van der Waals surface area contributed by atoms with E-state index in [-0.39, 0.29) is 53.7 Å². The summed E-state index contributed by atoms with van der Waals surface area (Å²) < 4.78 is 18.7. The zero-order chi connectivity index (χ0) is 64.2. The normalized spacial score (nSPS) is 18.5. The van der Waals surface area contributed by atoms with E-state index in [2.05, 4.69) is 47.2 Å². The van der Waals surface area contributed by atoms with Gasteiger partial charge < -0.3 is 49.8 Å². The SMILES string of the molecule is CC(C)OC(=O)Nc1ccc(-c2c(C#N)c3ccc(Oc4ncccn4)cc3n2C2CCC2)cc1Cl.CN(C)C(=O)[C@@H](NC(=O)CNC(=O)C(=O)C(CC1CC1)NC(=O)[C@@H]1[C@@H]2[C@H](CN1C(=O)[C@@H](NC(=O)OC(C)(C)C)C(C)(C)C)C2(C)C)c1ccccc1. The number of rotatable bonds is 19. The summed E-state index contributed by atoms with van der Waals surface area (Å²) in [6, 6.07) is 20.2. The molecule has 3 saturated carbocycles.